The fourth-order valence-electron chi connectivity index (χ4n) is 1.51. The van der Waals surface area contributed by atoms with E-state index in [1.807, 2.05) is 0 Å². The number of hydrogen-bond acceptors (Lipinski definition) is 6. The average molecular weight is 224 g/mol. The fraction of sp³-hybridized carbons (Fsp3) is 0.556. The van der Waals surface area contributed by atoms with Crippen molar-refractivity contribution in [2.45, 2.75) is 18.9 Å². The van der Waals surface area contributed by atoms with Crippen molar-refractivity contribution in [1.29, 1.82) is 0 Å². The zero-order valence-electron chi connectivity index (χ0n) is 8.63. The molecule has 7 nitrogen and oxygen atoms in total. The van der Waals surface area contributed by atoms with Gasteiger partial charge in [-0.2, -0.15) is 0 Å². The molecule has 0 spiro atoms. The van der Waals surface area contributed by atoms with E-state index >= 15 is 0 Å². The van der Waals surface area contributed by atoms with Gasteiger partial charge in [0.05, 0.1) is 4.92 Å². The van der Waals surface area contributed by atoms with Crippen LogP contribution in [0.2, 0.25) is 0 Å². The van der Waals surface area contributed by atoms with E-state index in [1.54, 1.807) is 0 Å². The molecule has 1 saturated heterocycles. The molecule has 1 aromatic heterocycles. The third kappa shape index (κ3) is 2.63. The maximum absolute atomic E-state index is 10.4. The van der Waals surface area contributed by atoms with Gasteiger partial charge in [0.15, 0.2) is 0 Å². The standard InChI is InChI=1S/C9H12N4O3/c14-13(15)8-5-10-9(11-6-8)12-7-1-3-16-4-2-7/h5-7H,1-4H2,(H,10,11,12). The van der Waals surface area contributed by atoms with Crippen LogP contribution < -0.4 is 5.32 Å². The highest BCUT2D eigenvalue weighted by molar-refractivity contribution is 5.31. The molecule has 0 saturated carbocycles. The maximum atomic E-state index is 10.4. The van der Waals surface area contributed by atoms with Gasteiger partial charge < -0.3 is 10.1 Å². The van der Waals surface area contributed by atoms with Crippen LogP contribution in [-0.2, 0) is 4.74 Å². The van der Waals surface area contributed by atoms with E-state index < -0.39 is 4.92 Å². The van der Waals surface area contributed by atoms with Crippen molar-refractivity contribution in [2.75, 3.05) is 18.5 Å². The Labute approximate surface area is 92.0 Å². The van der Waals surface area contributed by atoms with Crippen molar-refractivity contribution < 1.29 is 9.66 Å². The Bertz CT molecular complexity index is 362. The van der Waals surface area contributed by atoms with Crippen LogP contribution in [0.15, 0.2) is 12.4 Å². The first kappa shape index (κ1) is 10.7. The number of hydrogen-bond donors (Lipinski definition) is 1. The Hall–Kier alpha value is -1.76. The van der Waals surface area contributed by atoms with Crippen molar-refractivity contribution >= 4 is 11.6 Å². The van der Waals surface area contributed by atoms with Crippen LogP contribution in [0.5, 0.6) is 0 Å². The molecule has 0 aliphatic carbocycles. The molecule has 0 bridgehead atoms. The lowest BCUT2D eigenvalue weighted by molar-refractivity contribution is -0.385. The lowest BCUT2D eigenvalue weighted by Crippen LogP contribution is -2.28. The Morgan fingerprint density at radius 2 is 2.00 bits per heavy atom. The van der Waals surface area contributed by atoms with Gasteiger partial charge in [0.25, 0.3) is 0 Å². The normalized spacial score (nSPS) is 17.0. The Morgan fingerprint density at radius 1 is 1.38 bits per heavy atom. The zero-order chi connectivity index (χ0) is 11.4. The van der Waals surface area contributed by atoms with Gasteiger partial charge in [0.2, 0.25) is 5.95 Å². The first-order valence-corrected chi connectivity index (χ1v) is 5.06. The van der Waals surface area contributed by atoms with Crippen molar-refractivity contribution in [1.82, 2.24) is 9.97 Å². The van der Waals surface area contributed by atoms with Crippen LogP contribution in [0.1, 0.15) is 12.8 Å². The van der Waals surface area contributed by atoms with Crippen LogP contribution in [-0.4, -0.2) is 34.1 Å². The summed E-state index contributed by atoms with van der Waals surface area (Å²) in [4.78, 5) is 17.7. The van der Waals surface area contributed by atoms with Crippen LogP contribution in [0.4, 0.5) is 11.6 Å². The molecular weight excluding hydrogens is 212 g/mol. The molecule has 86 valence electrons. The summed E-state index contributed by atoms with van der Waals surface area (Å²) in [6, 6.07) is 0.287. The van der Waals surface area contributed by atoms with Gasteiger partial charge in [-0.25, -0.2) is 9.97 Å². The molecule has 1 aliphatic rings. The molecule has 1 aliphatic heterocycles. The van der Waals surface area contributed by atoms with Crippen LogP contribution >= 0.6 is 0 Å². The Balaban J connectivity index is 1.96. The van der Waals surface area contributed by atoms with E-state index in [2.05, 4.69) is 15.3 Å². The summed E-state index contributed by atoms with van der Waals surface area (Å²) in [5, 5.41) is 13.5. The minimum absolute atomic E-state index is 0.0995. The third-order valence-corrected chi connectivity index (χ3v) is 2.40. The lowest BCUT2D eigenvalue weighted by atomic mass is 10.1. The first-order chi connectivity index (χ1) is 7.75. The SMILES string of the molecule is O=[N+]([O-])c1cnc(NC2CCOCC2)nc1. The molecule has 1 fully saturated rings. The second-order valence-corrected chi connectivity index (χ2v) is 3.55. The number of aromatic nitrogens is 2. The van der Waals surface area contributed by atoms with Crippen LogP contribution in [0.3, 0.4) is 0 Å². The van der Waals surface area contributed by atoms with E-state index in [0.717, 1.165) is 26.1 Å². The average Bonchev–Trinajstić information content (AvgIpc) is 2.31. The van der Waals surface area contributed by atoms with Gasteiger partial charge in [-0.1, -0.05) is 0 Å². The number of rotatable bonds is 3. The topological polar surface area (TPSA) is 90.2 Å². The Morgan fingerprint density at radius 3 is 2.56 bits per heavy atom. The van der Waals surface area contributed by atoms with E-state index in [0.29, 0.717) is 5.95 Å². The molecule has 7 heteroatoms. The highest BCUT2D eigenvalue weighted by atomic mass is 16.6. The summed E-state index contributed by atoms with van der Waals surface area (Å²) in [6.07, 6.45) is 4.21. The second-order valence-electron chi connectivity index (χ2n) is 3.55. The molecule has 0 amide bonds. The van der Waals surface area contributed by atoms with Gasteiger partial charge in [-0.05, 0) is 12.8 Å². The van der Waals surface area contributed by atoms with E-state index in [9.17, 15) is 10.1 Å². The number of anilines is 1. The summed E-state index contributed by atoms with van der Waals surface area (Å²) in [5.41, 5.74) is -0.0995. The number of nitrogens with one attached hydrogen (secondary N) is 1. The summed E-state index contributed by atoms with van der Waals surface area (Å²) < 4.78 is 5.22. The molecule has 0 radical (unpaired) electrons. The van der Waals surface area contributed by atoms with Gasteiger partial charge in [0.1, 0.15) is 12.4 Å². The minimum Gasteiger partial charge on any atom is -0.381 e. The van der Waals surface area contributed by atoms with Crippen molar-refractivity contribution in [3.63, 3.8) is 0 Å². The molecule has 1 N–H and O–H groups in total. The van der Waals surface area contributed by atoms with Crippen LogP contribution in [0.25, 0.3) is 0 Å². The predicted octanol–water partition coefficient (Wildman–Crippen LogP) is 0.976. The zero-order valence-corrected chi connectivity index (χ0v) is 8.63. The number of nitrogens with zero attached hydrogens (tertiary/aromatic N) is 3. The molecule has 0 atom stereocenters. The van der Waals surface area contributed by atoms with Crippen LogP contribution in [0, 0.1) is 10.1 Å². The molecule has 0 aromatic carbocycles. The van der Waals surface area contributed by atoms with Crippen molar-refractivity contribution in [2.24, 2.45) is 0 Å². The lowest BCUT2D eigenvalue weighted by Gasteiger charge is -2.22. The van der Waals surface area contributed by atoms with E-state index in [-0.39, 0.29) is 11.7 Å². The molecule has 1 aromatic rings. The van der Waals surface area contributed by atoms with Gasteiger partial charge in [-0.3, -0.25) is 10.1 Å². The summed E-state index contributed by atoms with van der Waals surface area (Å²) in [6.45, 7) is 1.45. The molecule has 16 heavy (non-hydrogen) atoms. The van der Waals surface area contributed by atoms with Crippen molar-refractivity contribution in [3.8, 4) is 0 Å². The summed E-state index contributed by atoms with van der Waals surface area (Å²) >= 11 is 0. The number of nitro groups is 1. The van der Waals surface area contributed by atoms with E-state index in [1.165, 1.54) is 12.4 Å². The van der Waals surface area contributed by atoms with Gasteiger partial charge >= 0.3 is 5.69 Å². The largest absolute Gasteiger partial charge is 0.381 e. The summed E-state index contributed by atoms with van der Waals surface area (Å²) in [5.74, 6) is 0.428. The molecule has 0 unspecified atom stereocenters. The predicted molar refractivity (Wildman–Crippen MR) is 56.2 cm³/mol. The van der Waals surface area contributed by atoms with Crippen molar-refractivity contribution in [3.05, 3.63) is 22.5 Å². The third-order valence-electron chi connectivity index (χ3n) is 2.40. The van der Waals surface area contributed by atoms with Gasteiger partial charge in [-0.15, -0.1) is 0 Å². The second kappa shape index (κ2) is 4.84. The Kier molecular flexibility index (Phi) is 3.25. The highest BCUT2D eigenvalue weighted by Gasteiger charge is 2.15. The number of ether oxygens (including phenoxy) is 1. The molecule has 2 heterocycles. The maximum Gasteiger partial charge on any atom is 0.305 e. The monoisotopic (exact) mass is 224 g/mol. The quantitative estimate of drug-likeness (QED) is 0.607. The summed E-state index contributed by atoms with van der Waals surface area (Å²) in [7, 11) is 0. The first-order valence-electron chi connectivity index (χ1n) is 5.06. The molecular formula is C9H12N4O3. The highest BCUT2D eigenvalue weighted by Crippen LogP contribution is 2.13. The van der Waals surface area contributed by atoms with Gasteiger partial charge in [0, 0.05) is 19.3 Å². The minimum atomic E-state index is -0.516. The fourth-order valence-corrected chi connectivity index (χ4v) is 1.51. The molecule has 2 rings (SSSR count). The smallest absolute Gasteiger partial charge is 0.305 e. The van der Waals surface area contributed by atoms with E-state index in [4.69, 9.17) is 4.74 Å².